The summed E-state index contributed by atoms with van der Waals surface area (Å²) >= 11 is 0. The van der Waals surface area contributed by atoms with E-state index in [1.807, 2.05) is 0 Å². The first-order valence-corrected chi connectivity index (χ1v) is 5.55. The van der Waals surface area contributed by atoms with E-state index in [1.165, 1.54) is 0 Å². The van der Waals surface area contributed by atoms with Crippen LogP contribution in [-0.4, -0.2) is 21.6 Å². The Bertz CT molecular complexity index is 638. The van der Waals surface area contributed by atoms with Crippen LogP contribution in [0.5, 0.6) is 6.01 Å². The molecule has 0 aliphatic carbocycles. The molecule has 1 heterocycles. The Balaban J connectivity index is 2.34. The first-order chi connectivity index (χ1) is 9.49. The standard InChI is InChI=1S/C11H10F3N5O/c1-2-20-11-18-9(15)17-10(19-11)16-7-4-5(12)3-6(13)8(7)14/h3-4H,2H2,1H3,(H3,15,16,17,18,19). The number of nitrogens with one attached hydrogen (secondary N) is 1. The molecule has 0 saturated heterocycles. The third kappa shape index (κ3) is 3.05. The fraction of sp³-hybridized carbons (Fsp3) is 0.182. The van der Waals surface area contributed by atoms with Gasteiger partial charge in [0.25, 0.3) is 0 Å². The lowest BCUT2D eigenvalue weighted by Gasteiger charge is -2.08. The second-order valence-electron chi connectivity index (χ2n) is 3.61. The largest absolute Gasteiger partial charge is 0.464 e. The SMILES string of the molecule is CCOc1nc(N)nc(Nc2cc(F)cc(F)c2F)n1. The fourth-order valence-electron chi connectivity index (χ4n) is 1.39. The Morgan fingerprint density at radius 1 is 1.20 bits per heavy atom. The van der Waals surface area contributed by atoms with Gasteiger partial charge >= 0.3 is 6.01 Å². The third-order valence-electron chi connectivity index (χ3n) is 2.15. The minimum Gasteiger partial charge on any atom is -0.464 e. The summed E-state index contributed by atoms with van der Waals surface area (Å²) < 4.78 is 44.6. The molecule has 1 aromatic carbocycles. The van der Waals surface area contributed by atoms with Gasteiger partial charge in [-0.15, -0.1) is 0 Å². The van der Waals surface area contributed by atoms with Crippen LogP contribution in [0.25, 0.3) is 0 Å². The van der Waals surface area contributed by atoms with E-state index >= 15 is 0 Å². The lowest BCUT2D eigenvalue weighted by Crippen LogP contribution is -2.08. The molecule has 0 aliphatic rings. The number of hydrogen-bond donors (Lipinski definition) is 2. The van der Waals surface area contributed by atoms with Gasteiger partial charge < -0.3 is 15.8 Å². The van der Waals surface area contributed by atoms with Gasteiger partial charge in [0.1, 0.15) is 5.82 Å². The van der Waals surface area contributed by atoms with Crippen LogP contribution in [0.2, 0.25) is 0 Å². The van der Waals surface area contributed by atoms with Crippen LogP contribution in [0.4, 0.5) is 30.8 Å². The van der Waals surface area contributed by atoms with Crippen molar-refractivity contribution in [1.29, 1.82) is 0 Å². The molecule has 6 nitrogen and oxygen atoms in total. The van der Waals surface area contributed by atoms with Gasteiger partial charge in [0, 0.05) is 12.1 Å². The molecular formula is C11H10F3N5O. The third-order valence-corrected chi connectivity index (χ3v) is 2.15. The van der Waals surface area contributed by atoms with Gasteiger partial charge in [0.05, 0.1) is 12.3 Å². The van der Waals surface area contributed by atoms with Gasteiger partial charge in [-0.3, -0.25) is 0 Å². The van der Waals surface area contributed by atoms with Gasteiger partial charge in [-0.1, -0.05) is 0 Å². The molecule has 0 spiro atoms. The molecule has 20 heavy (non-hydrogen) atoms. The van der Waals surface area contributed by atoms with E-state index in [2.05, 4.69) is 20.3 Å². The Hall–Kier alpha value is -2.58. The van der Waals surface area contributed by atoms with E-state index in [0.29, 0.717) is 6.07 Å². The van der Waals surface area contributed by atoms with E-state index in [9.17, 15) is 13.2 Å². The van der Waals surface area contributed by atoms with Crippen LogP contribution < -0.4 is 15.8 Å². The van der Waals surface area contributed by atoms with Crippen molar-refractivity contribution in [2.75, 3.05) is 17.7 Å². The lowest BCUT2D eigenvalue weighted by molar-refractivity contribution is 0.312. The lowest BCUT2D eigenvalue weighted by atomic mass is 10.3. The molecule has 0 fully saturated rings. The zero-order chi connectivity index (χ0) is 14.7. The molecule has 0 unspecified atom stereocenters. The summed E-state index contributed by atoms with van der Waals surface area (Å²) in [6.07, 6.45) is 0. The maximum atomic E-state index is 13.5. The maximum absolute atomic E-state index is 13.5. The summed E-state index contributed by atoms with van der Waals surface area (Å²) in [5, 5.41) is 2.32. The molecule has 0 radical (unpaired) electrons. The Labute approximate surface area is 111 Å². The Morgan fingerprint density at radius 2 is 1.95 bits per heavy atom. The van der Waals surface area contributed by atoms with Crippen LogP contribution >= 0.6 is 0 Å². The number of hydrogen-bond acceptors (Lipinski definition) is 6. The van der Waals surface area contributed by atoms with Gasteiger partial charge in [0.15, 0.2) is 11.6 Å². The summed E-state index contributed by atoms with van der Waals surface area (Å²) in [6.45, 7) is 1.99. The van der Waals surface area contributed by atoms with Gasteiger partial charge in [0.2, 0.25) is 11.9 Å². The summed E-state index contributed by atoms with van der Waals surface area (Å²) in [6, 6.07) is 1.10. The minimum atomic E-state index is -1.33. The van der Waals surface area contributed by atoms with Crippen LogP contribution in [-0.2, 0) is 0 Å². The molecule has 3 N–H and O–H groups in total. The summed E-state index contributed by atoms with van der Waals surface area (Å²) in [5.41, 5.74) is 4.95. The number of rotatable bonds is 4. The van der Waals surface area contributed by atoms with Crippen molar-refractivity contribution >= 4 is 17.6 Å². The number of ether oxygens (including phenoxy) is 1. The zero-order valence-corrected chi connectivity index (χ0v) is 10.3. The van der Waals surface area contributed by atoms with E-state index in [4.69, 9.17) is 10.5 Å². The number of nitrogens with two attached hydrogens (primary N) is 1. The normalized spacial score (nSPS) is 10.4. The molecule has 0 atom stereocenters. The number of nitrogen functional groups attached to an aromatic ring is 1. The molecule has 1 aromatic heterocycles. The molecule has 2 aromatic rings. The number of aromatic nitrogens is 3. The van der Waals surface area contributed by atoms with E-state index < -0.39 is 23.1 Å². The second kappa shape index (κ2) is 5.59. The second-order valence-corrected chi connectivity index (χ2v) is 3.61. The van der Waals surface area contributed by atoms with Crippen LogP contribution in [0, 0.1) is 17.5 Å². The molecule has 2 rings (SSSR count). The molecular weight excluding hydrogens is 275 g/mol. The van der Waals surface area contributed by atoms with Crippen molar-refractivity contribution in [1.82, 2.24) is 15.0 Å². The van der Waals surface area contributed by atoms with Gasteiger partial charge in [-0.05, 0) is 6.92 Å². The Morgan fingerprint density at radius 3 is 2.65 bits per heavy atom. The molecule has 0 saturated carbocycles. The van der Waals surface area contributed by atoms with Crippen molar-refractivity contribution in [3.8, 4) is 6.01 Å². The Kier molecular flexibility index (Phi) is 3.87. The fourth-order valence-corrected chi connectivity index (χ4v) is 1.39. The molecule has 0 bridgehead atoms. The van der Waals surface area contributed by atoms with Crippen molar-refractivity contribution in [2.24, 2.45) is 0 Å². The average molecular weight is 285 g/mol. The average Bonchev–Trinajstić information content (AvgIpc) is 2.35. The van der Waals surface area contributed by atoms with E-state index in [1.54, 1.807) is 6.92 Å². The van der Waals surface area contributed by atoms with Crippen LogP contribution in [0.15, 0.2) is 12.1 Å². The van der Waals surface area contributed by atoms with Crippen molar-refractivity contribution < 1.29 is 17.9 Å². The predicted molar refractivity (Wildman–Crippen MR) is 65.0 cm³/mol. The van der Waals surface area contributed by atoms with Crippen molar-refractivity contribution in [3.05, 3.63) is 29.6 Å². The summed E-state index contributed by atoms with van der Waals surface area (Å²) in [7, 11) is 0. The summed E-state index contributed by atoms with van der Waals surface area (Å²) in [5.74, 6) is -3.91. The topological polar surface area (TPSA) is 86.0 Å². The van der Waals surface area contributed by atoms with E-state index in [-0.39, 0.29) is 24.5 Å². The highest BCUT2D eigenvalue weighted by Gasteiger charge is 2.13. The predicted octanol–water partition coefficient (Wildman–Crippen LogP) is 2.01. The minimum absolute atomic E-state index is 0.0835. The highest BCUT2D eigenvalue weighted by Crippen LogP contribution is 2.22. The van der Waals surface area contributed by atoms with Gasteiger partial charge in [-0.25, -0.2) is 13.2 Å². The quantitative estimate of drug-likeness (QED) is 0.836. The molecule has 106 valence electrons. The van der Waals surface area contributed by atoms with Crippen LogP contribution in [0.3, 0.4) is 0 Å². The smallest absolute Gasteiger partial charge is 0.323 e. The monoisotopic (exact) mass is 285 g/mol. The maximum Gasteiger partial charge on any atom is 0.323 e. The molecule has 0 aliphatic heterocycles. The van der Waals surface area contributed by atoms with Crippen molar-refractivity contribution in [3.63, 3.8) is 0 Å². The zero-order valence-electron chi connectivity index (χ0n) is 10.3. The first-order valence-electron chi connectivity index (χ1n) is 5.55. The summed E-state index contributed by atoms with van der Waals surface area (Å²) in [4.78, 5) is 11.1. The first kappa shape index (κ1) is 13.8. The number of halogens is 3. The number of nitrogens with zero attached hydrogens (tertiary/aromatic N) is 3. The molecule has 9 heteroatoms. The van der Waals surface area contributed by atoms with Crippen LogP contribution in [0.1, 0.15) is 6.92 Å². The number of anilines is 3. The van der Waals surface area contributed by atoms with Gasteiger partial charge in [-0.2, -0.15) is 15.0 Å². The highest BCUT2D eigenvalue weighted by atomic mass is 19.2. The van der Waals surface area contributed by atoms with E-state index in [0.717, 1.165) is 6.07 Å². The highest BCUT2D eigenvalue weighted by molar-refractivity contribution is 5.55. The van der Waals surface area contributed by atoms with Crippen molar-refractivity contribution in [2.45, 2.75) is 6.92 Å². The molecule has 0 amide bonds. The number of benzene rings is 1.